The number of aromatic nitrogens is 1. The largest absolute Gasteiger partial charge is 0.357 e. The lowest BCUT2D eigenvalue weighted by atomic mass is 10.2. The number of benzene rings is 1. The van der Waals surface area contributed by atoms with Crippen LogP contribution in [0.15, 0.2) is 47.5 Å². The minimum Gasteiger partial charge on any atom is -0.357 e. The molecule has 2 saturated heterocycles. The fourth-order valence-electron chi connectivity index (χ4n) is 3.85. The zero-order valence-corrected chi connectivity index (χ0v) is 16.7. The number of sulfonamides is 1. The number of amides is 1. The lowest BCUT2D eigenvalue weighted by molar-refractivity contribution is -0.119. The molecule has 3 heterocycles. The maximum Gasteiger partial charge on any atom is 0.243 e. The van der Waals surface area contributed by atoms with Gasteiger partial charge in [-0.05, 0) is 62.1 Å². The van der Waals surface area contributed by atoms with Crippen LogP contribution in [0.5, 0.6) is 0 Å². The summed E-state index contributed by atoms with van der Waals surface area (Å²) in [6, 6.07) is 7.49. The van der Waals surface area contributed by atoms with Crippen molar-refractivity contribution in [2.75, 3.05) is 29.9 Å². The molecule has 2 fully saturated rings. The van der Waals surface area contributed by atoms with Gasteiger partial charge in [-0.25, -0.2) is 17.8 Å². The smallest absolute Gasteiger partial charge is 0.243 e. The number of carbonyl (C=O) groups excluding carboxylic acids is 1. The number of nitrogens with zero attached hydrogens (tertiary/aromatic N) is 3. The highest BCUT2D eigenvalue weighted by molar-refractivity contribution is 7.89. The van der Waals surface area contributed by atoms with E-state index >= 15 is 0 Å². The van der Waals surface area contributed by atoms with Gasteiger partial charge in [0.2, 0.25) is 15.9 Å². The first-order valence-electron chi connectivity index (χ1n) is 9.74. The maximum atomic E-state index is 13.1. The first-order valence-corrected chi connectivity index (χ1v) is 11.2. The van der Waals surface area contributed by atoms with Crippen molar-refractivity contribution in [2.45, 2.75) is 36.6 Å². The van der Waals surface area contributed by atoms with Crippen LogP contribution < -0.4 is 10.2 Å². The van der Waals surface area contributed by atoms with E-state index in [0.717, 1.165) is 43.9 Å². The van der Waals surface area contributed by atoms with Crippen LogP contribution >= 0.6 is 0 Å². The van der Waals surface area contributed by atoms with Crippen molar-refractivity contribution in [1.82, 2.24) is 9.29 Å². The summed E-state index contributed by atoms with van der Waals surface area (Å²) in [5.41, 5.74) is 0.531. The van der Waals surface area contributed by atoms with E-state index in [4.69, 9.17) is 0 Å². The van der Waals surface area contributed by atoms with Gasteiger partial charge in [0.05, 0.1) is 16.8 Å². The lowest BCUT2D eigenvalue weighted by Crippen LogP contribution is -2.43. The molecule has 1 N–H and O–H groups in total. The standard InChI is InChI=1S/C20H23FN4O3S/c21-15-5-8-17(9-6-15)29(27,28)25-13-3-4-18(25)20(26)23-16-7-10-19(22-14-16)24-11-1-2-12-24/h5-10,14,18H,1-4,11-13H2,(H,23,26)/t18-/m0/s1. The Morgan fingerprint density at radius 2 is 1.76 bits per heavy atom. The van der Waals surface area contributed by atoms with Crippen LogP contribution in [0.1, 0.15) is 25.7 Å². The predicted octanol–water partition coefficient (Wildman–Crippen LogP) is 2.61. The van der Waals surface area contributed by atoms with E-state index in [-0.39, 0.29) is 17.3 Å². The molecule has 1 atom stereocenters. The molecule has 0 aliphatic carbocycles. The van der Waals surface area contributed by atoms with Crippen LogP contribution in [-0.2, 0) is 14.8 Å². The number of hydrogen-bond acceptors (Lipinski definition) is 5. The number of hydrogen-bond donors (Lipinski definition) is 1. The summed E-state index contributed by atoms with van der Waals surface area (Å²) < 4.78 is 40.2. The Hall–Kier alpha value is -2.52. The highest BCUT2D eigenvalue weighted by Crippen LogP contribution is 2.27. The van der Waals surface area contributed by atoms with Crippen LogP contribution in [0, 0.1) is 5.82 Å². The van der Waals surface area contributed by atoms with Crippen molar-refractivity contribution in [3.8, 4) is 0 Å². The van der Waals surface area contributed by atoms with Crippen LogP contribution in [0.4, 0.5) is 15.9 Å². The first-order chi connectivity index (χ1) is 13.9. The Morgan fingerprint density at radius 3 is 2.41 bits per heavy atom. The third-order valence-corrected chi connectivity index (χ3v) is 7.29. The van der Waals surface area contributed by atoms with E-state index in [1.54, 1.807) is 12.3 Å². The summed E-state index contributed by atoms with van der Waals surface area (Å²) in [6.45, 7) is 2.22. The molecule has 2 aromatic rings. The normalized spacial score (nSPS) is 20.2. The van der Waals surface area contributed by atoms with E-state index < -0.39 is 21.9 Å². The number of carbonyl (C=O) groups is 1. The molecule has 1 aromatic heterocycles. The summed E-state index contributed by atoms with van der Waals surface area (Å²) in [7, 11) is -3.88. The van der Waals surface area contributed by atoms with E-state index in [0.29, 0.717) is 18.5 Å². The molecule has 0 spiro atoms. The molecule has 1 aromatic carbocycles. The first kappa shape index (κ1) is 19.8. The average molecular weight is 418 g/mol. The summed E-state index contributed by atoms with van der Waals surface area (Å²) in [5, 5.41) is 2.78. The van der Waals surface area contributed by atoms with Gasteiger partial charge in [0.25, 0.3) is 0 Å². The van der Waals surface area contributed by atoms with Crippen molar-refractivity contribution in [2.24, 2.45) is 0 Å². The van der Waals surface area contributed by atoms with Gasteiger partial charge in [-0.3, -0.25) is 4.79 Å². The van der Waals surface area contributed by atoms with E-state index in [9.17, 15) is 17.6 Å². The minimum absolute atomic E-state index is 0.0183. The molecule has 2 aliphatic heterocycles. The van der Waals surface area contributed by atoms with Gasteiger partial charge < -0.3 is 10.2 Å². The zero-order valence-electron chi connectivity index (χ0n) is 15.9. The molecule has 0 bridgehead atoms. The summed E-state index contributed by atoms with van der Waals surface area (Å²) in [5.74, 6) is -0.0182. The Labute approximate surface area is 169 Å². The monoisotopic (exact) mass is 418 g/mol. The van der Waals surface area contributed by atoms with Crippen molar-refractivity contribution in [3.05, 3.63) is 48.4 Å². The summed E-state index contributed by atoms with van der Waals surface area (Å²) in [6.07, 6.45) is 4.93. The van der Waals surface area contributed by atoms with Crippen molar-refractivity contribution in [1.29, 1.82) is 0 Å². The van der Waals surface area contributed by atoms with E-state index in [2.05, 4.69) is 15.2 Å². The molecular weight excluding hydrogens is 395 g/mol. The lowest BCUT2D eigenvalue weighted by Gasteiger charge is -2.23. The molecule has 4 rings (SSSR count). The number of halogens is 1. The van der Waals surface area contributed by atoms with Crippen molar-refractivity contribution < 1.29 is 17.6 Å². The SMILES string of the molecule is O=C(Nc1ccc(N2CCCC2)nc1)[C@@H]1CCCN1S(=O)(=O)c1ccc(F)cc1. The fourth-order valence-corrected chi connectivity index (χ4v) is 5.51. The Balaban J connectivity index is 1.47. The van der Waals surface area contributed by atoms with Crippen LogP contribution in [-0.4, -0.2) is 49.3 Å². The van der Waals surface area contributed by atoms with Gasteiger partial charge in [0, 0.05) is 19.6 Å². The number of pyridine rings is 1. The molecule has 0 radical (unpaired) electrons. The molecular formula is C20H23FN4O3S. The van der Waals surface area contributed by atoms with Crippen LogP contribution in [0.3, 0.4) is 0 Å². The molecule has 0 unspecified atom stereocenters. The second kappa shape index (κ2) is 8.08. The zero-order chi connectivity index (χ0) is 20.4. The van der Waals surface area contributed by atoms with Gasteiger partial charge >= 0.3 is 0 Å². The second-order valence-electron chi connectivity index (χ2n) is 7.32. The van der Waals surface area contributed by atoms with E-state index in [1.165, 1.54) is 16.4 Å². The van der Waals surface area contributed by atoms with Crippen molar-refractivity contribution >= 4 is 27.4 Å². The minimum atomic E-state index is -3.88. The Kier molecular flexibility index (Phi) is 5.51. The average Bonchev–Trinajstić information content (AvgIpc) is 3.41. The molecule has 7 nitrogen and oxygen atoms in total. The Bertz CT molecular complexity index is 974. The molecule has 1 amide bonds. The highest BCUT2D eigenvalue weighted by Gasteiger charge is 2.39. The molecule has 2 aliphatic rings. The topological polar surface area (TPSA) is 82.6 Å². The second-order valence-corrected chi connectivity index (χ2v) is 9.21. The van der Waals surface area contributed by atoms with Gasteiger partial charge in [-0.15, -0.1) is 0 Å². The van der Waals surface area contributed by atoms with Gasteiger partial charge in [0.15, 0.2) is 0 Å². The van der Waals surface area contributed by atoms with Gasteiger partial charge in [0.1, 0.15) is 17.7 Å². The van der Waals surface area contributed by atoms with Crippen LogP contribution in [0.2, 0.25) is 0 Å². The van der Waals surface area contributed by atoms with Gasteiger partial charge in [-0.2, -0.15) is 4.31 Å². The predicted molar refractivity (Wildman–Crippen MR) is 108 cm³/mol. The van der Waals surface area contributed by atoms with Crippen LogP contribution in [0.25, 0.3) is 0 Å². The third-order valence-electron chi connectivity index (χ3n) is 5.37. The number of nitrogens with one attached hydrogen (secondary N) is 1. The highest BCUT2D eigenvalue weighted by atomic mass is 32.2. The van der Waals surface area contributed by atoms with Gasteiger partial charge in [-0.1, -0.05) is 0 Å². The number of anilines is 2. The molecule has 154 valence electrons. The Morgan fingerprint density at radius 1 is 1.03 bits per heavy atom. The molecule has 29 heavy (non-hydrogen) atoms. The summed E-state index contributed by atoms with van der Waals surface area (Å²) >= 11 is 0. The third kappa shape index (κ3) is 4.11. The molecule has 9 heteroatoms. The van der Waals surface area contributed by atoms with E-state index in [1.807, 2.05) is 6.07 Å². The number of rotatable bonds is 5. The quantitative estimate of drug-likeness (QED) is 0.807. The maximum absolute atomic E-state index is 13.1. The van der Waals surface area contributed by atoms with Crippen molar-refractivity contribution in [3.63, 3.8) is 0 Å². The fraction of sp³-hybridized carbons (Fsp3) is 0.400. The molecule has 0 saturated carbocycles. The summed E-state index contributed by atoms with van der Waals surface area (Å²) in [4.78, 5) is 19.4.